The van der Waals surface area contributed by atoms with Crippen molar-refractivity contribution in [3.8, 4) is 0 Å². The van der Waals surface area contributed by atoms with Crippen LogP contribution in [-0.4, -0.2) is 62.9 Å². The third-order valence-electron chi connectivity index (χ3n) is 3.97. The van der Waals surface area contributed by atoms with Gasteiger partial charge in [-0.15, -0.1) is 0 Å². The van der Waals surface area contributed by atoms with Crippen LogP contribution in [0, 0.1) is 0 Å². The number of nitrogens with one attached hydrogen (secondary N) is 1. The van der Waals surface area contributed by atoms with E-state index in [0.717, 1.165) is 39.0 Å². The predicted octanol–water partition coefficient (Wildman–Crippen LogP) is 1.81. The first-order valence-electron chi connectivity index (χ1n) is 8.14. The topological polar surface area (TPSA) is 50.8 Å². The van der Waals surface area contributed by atoms with Gasteiger partial charge in [0.15, 0.2) is 0 Å². The molecule has 1 aliphatic rings. The minimum Gasteiger partial charge on any atom is -0.465 e. The fourth-order valence-electron chi connectivity index (χ4n) is 2.42. The molecule has 1 N–H and O–H groups in total. The summed E-state index contributed by atoms with van der Waals surface area (Å²) >= 11 is 0. The number of hydrogen-bond donors (Lipinski definition) is 1. The Labute approximate surface area is 129 Å². The van der Waals surface area contributed by atoms with Crippen molar-refractivity contribution in [2.24, 2.45) is 0 Å². The molecule has 0 aromatic rings. The first-order chi connectivity index (χ1) is 10.0. The average Bonchev–Trinajstić information content (AvgIpc) is 3.25. The Bertz CT molecular complexity index is 308. The van der Waals surface area contributed by atoms with E-state index < -0.39 is 5.54 Å². The number of carbonyl (C=O) groups excluding carboxylic acids is 1. The van der Waals surface area contributed by atoms with Gasteiger partial charge in [0.25, 0.3) is 0 Å². The summed E-state index contributed by atoms with van der Waals surface area (Å²) in [6, 6.07) is 0.504. The van der Waals surface area contributed by atoms with Gasteiger partial charge in [0.2, 0.25) is 0 Å². The first kappa shape index (κ1) is 18.4. The van der Waals surface area contributed by atoms with E-state index in [4.69, 9.17) is 9.47 Å². The number of ether oxygens (including phenoxy) is 2. The maximum absolute atomic E-state index is 12.2. The molecule has 0 aliphatic heterocycles. The van der Waals surface area contributed by atoms with Gasteiger partial charge in [-0.1, -0.05) is 0 Å². The van der Waals surface area contributed by atoms with Crippen molar-refractivity contribution in [1.82, 2.24) is 10.2 Å². The van der Waals surface area contributed by atoms with E-state index in [-0.39, 0.29) is 5.97 Å². The number of carbonyl (C=O) groups is 1. The number of esters is 1. The molecule has 1 saturated carbocycles. The Balaban J connectivity index is 2.30. The molecule has 0 saturated heterocycles. The molecule has 0 amide bonds. The summed E-state index contributed by atoms with van der Waals surface area (Å²) in [5, 5.41) is 3.47. The van der Waals surface area contributed by atoms with Crippen molar-refractivity contribution < 1.29 is 14.3 Å². The standard InChI is InChI=1S/C16H32N2O3/c1-5-21-15(19)16(2,17-14-8-9-14)10-6-7-11-18(3)12-13-20-4/h14,17H,5-13H2,1-4H3. The van der Waals surface area contributed by atoms with Crippen LogP contribution in [0.2, 0.25) is 0 Å². The van der Waals surface area contributed by atoms with Crippen LogP contribution < -0.4 is 5.32 Å². The van der Waals surface area contributed by atoms with Crippen LogP contribution in [0.3, 0.4) is 0 Å². The molecule has 5 heteroatoms. The normalized spacial score (nSPS) is 17.8. The lowest BCUT2D eigenvalue weighted by Crippen LogP contribution is -2.51. The molecule has 1 aliphatic carbocycles. The van der Waals surface area contributed by atoms with Gasteiger partial charge in [-0.2, -0.15) is 0 Å². The van der Waals surface area contributed by atoms with E-state index in [2.05, 4.69) is 17.3 Å². The molecule has 0 heterocycles. The highest BCUT2D eigenvalue weighted by Gasteiger charge is 2.39. The smallest absolute Gasteiger partial charge is 0.326 e. The zero-order valence-corrected chi connectivity index (χ0v) is 14.1. The van der Waals surface area contributed by atoms with Crippen molar-refractivity contribution in [1.29, 1.82) is 0 Å². The highest BCUT2D eigenvalue weighted by Crippen LogP contribution is 2.26. The van der Waals surface area contributed by atoms with Gasteiger partial charge in [0, 0.05) is 19.7 Å². The van der Waals surface area contributed by atoms with Gasteiger partial charge in [0.05, 0.1) is 13.2 Å². The fraction of sp³-hybridized carbons (Fsp3) is 0.938. The van der Waals surface area contributed by atoms with Crippen molar-refractivity contribution >= 4 is 5.97 Å². The zero-order chi connectivity index (χ0) is 15.7. The molecule has 1 rings (SSSR count). The summed E-state index contributed by atoms with van der Waals surface area (Å²) in [5.41, 5.74) is -0.526. The number of rotatable bonds is 12. The Morgan fingerprint density at radius 1 is 1.33 bits per heavy atom. The fourth-order valence-corrected chi connectivity index (χ4v) is 2.42. The molecule has 5 nitrogen and oxygen atoms in total. The number of unbranched alkanes of at least 4 members (excludes halogenated alkanes) is 1. The molecule has 1 unspecified atom stereocenters. The van der Waals surface area contributed by atoms with E-state index in [1.807, 2.05) is 13.8 Å². The first-order valence-corrected chi connectivity index (χ1v) is 8.14. The van der Waals surface area contributed by atoms with Gasteiger partial charge in [-0.25, -0.2) is 0 Å². The predicted molar refractivity (Wildman–Crippen MR) is 84.4 cm³/mol. The molecular formula is C16H32N2O3. The number of methoxy groups -OCH3 is 1. The SMILES string of the molecule is CCOC(=O)C(C)(CCCCN(C)CCOC)NC1CC1. The minimum absolute atomic E-state index is 0.107. The van der Waals surface area contributed by atoms with Gasteiger partial charge >= 0.3 is 5.97 Å². The largest absolute Gasteiger partial charge is 0.465 e. The Morgan fingerprint density at radius 2 is 2.05 bits per heavy atom. The van der Waals surface area contributed by atoms with Crippen molar-refractivity contribution in [2.45, 2.75) is 57.5 Å². The number of likely N-dealkylation sites (N-methyl/N-ethyl adjacent to an activating group) is 1. The molecule has 0 spiro atoms. The third kappa shape index (κ3) is 7.25. The van der Waals surface area contributed by atoms with Crippen LogP contribution in [0.4, 0.5) is 0 Å². The van der Waals surface area contributed by atoms with E-state index in [1.54, 1.807) is 7.11 Å². The van der Waals surface area contributed by atoms with E-state index in [0.29, 0.717) is 12.6 Å². The summed E-state index contributed by atoms with van der Waals surface area (Å²) in [5.74, 6) is -0.107. The van der Waals surface area contributed by atoms with Crippen LogP contribution >= 0.6 is 0 Å². The maximum atomic E-state index is 12.2. The summed E-state index contributed by atoms with van der Waals surface area (Å²) in [7, 11) is 3.83. The monoisotopic (exact) mass is 300 g/mol. The lowest BCUT2D eigenvalue weighted by atomic mass is 9.94. The van der Waals surface area contributed by atoms with Crippen LogP contribution in [0.1, 0.15) is 46.0 Å². The molecule has 0 aromatic heterocycles. The molecule has 1 fully saturated rings. The molecule has 0 bridgehead atoms. The van der Waals surface area contributed by atoms with Gasteiger partial charge in [-0.05, 0) is 59.5 Å². The lowest BCUT2D eigenvalue weighted by Gasteiger charge is -2.29. The van der Waals surface area contributed by atoms with E-state index in [1.165, 1.54) is 12.8 Å². The van der Waals surface area contributed by atoms with Gasteiger partial charge < -0.3 is 14.4 Å². The highest BCUT2D eigenvalue weighted by atomic mass is 16.5. The van der Waals surface area contributed by atoms with Crippen LogP contribution in [0.15, 0.2) is 0 Å². The number of hydrogen-bond acceptors (Lipinski definition) is 5. The molecule has 124 valence electrons. The number of nitrogens with zero attached hydrogens (tertiary/aromatic N) is 1. The molecular weight excluding hydrogens is 268 g/mol. The van der Waals surface area contributed by atoms with Crippen molar-refractivity contribution in [3.63, 3.8) is 0 Å². The Morgan fingerprint density at radius 3 is 2.62 bits per heavy atom. The van der Waals surface area contributed by atoms with Gasteiger partial charge in [0.1, 0.15) is 5.54 Å². The summed E-state index contributed by atoms with van der Waals surface area (Å²) in [6.45, 7) is 7.04. The molecule has 21 heavy (non-hydrogen) atoms. The summed E-state index contributed by atoms with van der Waals surface area (Å²) in [4.78, 5) is 14.4. The second-order valence-electron chi connectivity index (χ2n) is 6.22. The minimum atomic E-state index is -0.526. The van der Waals surface area contributed by atoms with E-state index >= 15 is 0 Å². The second-order valence-corrected chi connectivity index (χ2v) is 6.22. The van der Waals surface area contributed by atoms with Crippen molar-refractivity contribution in [3.05, 3.63) is 0 Å². The molecule has 0 radical (unpaired) electrons. The zero-order valence-electron chi connectivity index (χ0n) is 14.1. The maximum Gasteiger partial charge on any atom is 0.326 e. The summed E-state index contributed by atoms with van der Waals surface area (Å²) in [6.07, 6.45) is 5.29. The average molecular weight is 300 g/mol. The van der Waals surface area contributed by atoms with Crippen LogP contribution in [0.25, 0.3) is 0 Å². The lowest BCUT2D eigenvalue weighted by molar-refractivity contribution is -0.151. The van der Waals surface area contributed by atoms with Crippen LogP contribution in [0.5, 0.6) is 0 Å². The van der Waals surface area contributed by atoms with Crippen molar-refractivity contribution in [2.75, 3.05) is 40.5 Å². The summed E-state index contributed by atoms with van der Waals surface area (Å²) < 4.78 is 10.3. The Hall–Kier alpha value is -0.650. The third-order valence-corrected chi connectivity index (χ3v) is 3.97. The second kappa shape index (κ2) is 9.38. The molecule has 0 aromatic carbocycles. The highest BCUT2D eigenvalue weighted by molar-refractivity contribution is 5.80. The van der Waals surface area contributed by atoms with Gasteiger partial charge in [-0.3, -0.25) is 10.1 Å². The molecule has 1 atom stereocenters. The Kier molecular flexibility index (Phi) is 8.22. The quantitative estimate of drug-likeness (QED) is 0.440. The van der Waals surface area contributed by atoms with Crippen LogP contribution in [-0.2, 0) is 14.3 Å². The van der Waals surface area contributed by atoms with E-state index in [9.17, 15) is 4.79 Å².